The van der Waals surface area contributed by atoms with Gasteiger partial charge in [-0.1, -0.05) is 15.9 Å². The van der Waals surface area contributed by atoms with E-state index >= 15 is 0 Å². The van der Waals surface area contributed by atoms with Crippen LogP contribution in [-0.4, -0.2) is 0 Å². The van der Waals surface area contributed by atoms with Crippen molar-refractivity contribution in [1.29, 1.82) is 0 Å². The lowest BCUT2D eigenvalue weighted by Gasteiger charge is -2.02. The minimum atomic E-state index is 0.896. The van der Waals surface area contributed by atoms with Gasteiger partial charge in [-0.05, 0) is 30.7 Å². The summed E-state index contributed by atoms with van der Waals surface area (Å²) >= 11 is 3.36. The van der Waals surface area contributed by atoms with Crippen LogP contribution in [0, 0.1) is 6.92 Å². The summed E-state index contributed by atoms with van der Waals surface area (Å²) in [6, 6.07) is 5.89. The number of rotatable bonds is 1. The van der Waals surface area contributed by atoms with Crippen molar-refractivity contribution in [3.63, 3.8) is 0 Å². The summed E-state index contributed by atoms with van der Waals surface area (Å²) in [5, 5.41) is 0. The van der Waals surface area contributed by atoms with Crippen molar-refractivity contribution < 1.29 is 4.52 Å². The van der Waals surface area contributed by atoms with Gasteiger partial charge < -0.3 is 4.52 Å². The lowest BCUT2D eigenvalue weighted by Crippen LogP contribution is -1.79. The van der Waals surface area contributed by atoms with Crippen LogP contribution in [0.25, 0.3) is 0 Å². The second-order valence-electron chi connectivity index (χ2n) is 2.03. The summed E-state index contributed by atoms with van der Waals surface area (Å²) < 4.78 is 6.08. The van der Waals surface area contributed by atoms with Crippen molar-refractivity contribution in [3.05, 3.63) is 28.2 Å². The Hall–Kier alpha value is -0.0700. The Balaban J connectivity index is 3.07. The van der Waals surface area contributed by atoms with Crippen molar-refractivity contribution in [3.8, 4) is 5.75 Å². The fraction of sp³-hybridized carbons (Fsp3) is 0.143. The predicted octanol–water partition coefficient (Wildman–Crippen LogP) is 2.93. The molecule has 10 heavy (non-hydrogen) atoms. The summed E-state index contributed by atoms with van der Waals surface area (Å²) in [7, 11) is 2.23. The molecular formula is C7H8BrOP. The molecule has 0 fully saturated rings. The molecule has 1 nitrogen and oxygen atoms in total. The standard InChI is InChI=1S/C7H8BrOP/c1-5-4-6(8)2-3-7(5)9-10/h2-4H,10H2,1H3. The average Bonchev–Trinajstić information content (AvgIpc) is 1.88. The van der Waals surface area contributed by atoms with Crippen molar-refractivity contribution in [2.45, 2.75) is 6.92 Å². The summed E-state index contributed by atoms with van der Waals surface area (Å²) in [6.45, 7) is 2.00. The molecule has 0 radical (unpaired) electrons. The van der Waals surface area contributed by atoms with Crippen LogP contribution < -0.4 is 4.52 Å². The maximum Gasteiger partial charge on any atom is 0.125 e. The van der Waals surface area contributed by atoms with Crippen LogP contribution in [-0.2, 0) is 0 Å². The molecular weight excluding hydrogens is 211 g/mol. The van der Waals surface area contributed by atoms with Gasteiger partial charge in [-0.3, -0.25) is 0 Å². The smallest absolute Gasteiger partial charge is 0.125 e. The highest BCUT2D eigenvalue weighted by molar-refractivity contribution is 9.10. The third-order valence-electron chi connectivity index (χ3n) is 1.26. The van der Waals surface area contributed by atoms with Gasteiger partial charge in [0, 0.05) is 4.47 Å². The third kappa shape index (κ3) is 1.71. The first-order valence-electron chi connectivity index (χ1n) is 2.87. The van der Waals surface area contributed by atoms with E-state index in [1.165, 1.54) is 0 Å². The van der Waals surface area contributed by atoms with Crippen LogP contribution in [0.4, 0.5) is 0 Å². The lowest BCUT2D eigenvalue weighted by atomic mass is 10.2. The van der Waals surface area contributed by atoms with E-state index in [-0.39, 0.29) is 0 Å². The molecule has 0 aliphatic heterocycles. The first-order valence-corrected chi connectivity index (χ1v) is 4.13. The molecule has 0 saturated carbocycles. The summed E-state index contributed by atoms with van der Waals surface area (Å²) in [6.07, 6.45) is 0. The van der Waals surface area contributed by atoms with Crippen molar-refractivity contribution in [1.82, 2.24) is 0 Å². The molecule has 0 amide bonds. The first kappa shape index (κ1) is 8.03. The molecule has 1 aromatic carbocycles. The normalized spacial score (nSPS) is 9.50. The molecule has 1 atom stereocenters. The molecule has 0 bridgehead atoms. The minimum absolute atomic E-state index is 0.896. The van der Waals surface area contributed by atoms with E-state index in [2.05, 4.69) is 25.4 Å². The second-order valence-corrected chi connectivity index (χ2v) is 3.18. The predicted molar refractivity (Wildman–Crippen MR) is 49.2 cm³/mol. The first-order chi connectivity index (χ1) is 4.74. The van der Waals surface area contributed by atoms with E-state index in [4.69, 9.17) is 4.52 Å². The Morgan fingerprint density at radius 3 is 2.70 bits per heavy atom. The summed E-state index contributed by atoms with van der Waals surface area (Å²) in [4.78, 5) is 0. The molecule has 0 aliphatic rings. The quantitative estimate of drug-likeness (QED) is 0.659. The maximum atomic E-state index is 5.00. The van der Waals surface area contributed by atoms with Gasteiger partial charge >= 0.3 is 0 Å². The molecule has 0 aliphatic carbocycles. The van der Waals surface area contributed by atoms with E-state index in [0.717, 1.165) is 15.8 Å². The maximum absolute atomic E-state index is 5.00. The minimum Gasteiger partial charge on any atom is -0.480 e. The monoisotopic (exact) mass is 218 g/mol. The fourth-order valence-electron chi connectivity index (χ4n) is 0.745. The Labute approximate surface area is 71.2 Å². The van der Waals surface area contributed by atoms with Crippen LogP contribution >= 0.6 is 25.4 Å². The zero-order chi connectivity index (χ0) is 7.56. The molecule has 0 spiro atoms. The van der Waals surface area contributed by atoms with E-state index < -0.39 is 0 Å². The topological polar surface area (TPSA) is 9.23 Å². The number of benzene rings is 1. The van der Waals surface area contributed by atoms with Crippen LogP contribution in [0.1, 0.15) is 5.56 Å². The van der Waals surface area contributed by atoms with Gasteiger partial charge in [-0.15, -0.1) is 0 Å². The Morgan fingerprint density at radius 1 is 1.50 bits per heavy atom. The van der Waals surface area contributed by atoms with E-state index in [1.807, 2.05) is 25.1 Å². The fourth-order valence-corrected chi connectivity index (χ4v) is 1.49. The zero-order valence-electron chi connectivity index (χ0n) is 5.60. The van der Waals surface area contributed by atoms with Crippen molar-refractivity contribution in [2.24, 2.45) is 0 Å². The van der Waals surface area contributed by atoms with Crippen molar-refractivity contribution in [2.75, 3.05) is 0 Å². The molecule has 1 unspecified atom stereocenters. The van der Waals surface area contributed by atoms with Crippen LogP contribution in [0.3, 0.4) is 0 Å². The van der Waals surface area contributed by atoms with Gasteiger partial charge in [0.05, 0.1) is 9.47 Å². The number of hydrogen-bond donors (Lipinski definition) is 0. The lowest BCUT2D eigenvalue weighted by molar-refractivity contribution is 0.639. The molecule has 0 saturated heterocycles. The SMILES string of the molecule is Cc1cc(Br)ccc1OP. The van der Waals surface area contributed by atoms with Gasteiger partial charge in [0.25, 0.3) is 0 Å². The molecule has 1 rings (SSSR count). The zero-order valence-corrected chi connectivity index (χ0v) is 8.34. The Morgan fingerprint density at radius 2 is 2.20 bits per heavy atom. The molecule has 0 N–H and O–H groups in total. The van der Waals surface area contributed by atoms with Crippen LogP contribution in [0.15, 0.2) is 22.7 Å². The summed E-state index contributed by atoms with van der Waals surface area (Å²) in [5.41, 5.74) is 1.13. The van der Waals surface area contributed by atoms with E-state index in [0.29, 0.717) is 0 Å². The highest BCUT2D eigenvalue weighted by Gasteiger charge is 1.95. The van der Waals surface area contributed by atoms with Gasteiger partial charge in [-0.25, -0.2) is 0 Å². The van der Waals surface area contributed by atoms with E-state index in [9.17, 15) is 0 Å². The van der Waals surface area contributed by atoms with Gasteiger partial charge in [0.15, 0.2) is 0 Å². The molecule has 54 valence electrons. The third-order valence-corrected chi connectivity index (χ3v) is 2.01. The van der Waals surface area contributed by atoms with Gasteiger partial charge in [-0.2, -0.15) is 0 Å². The average molecular weight is 219 g/mol. The van der Waals surface area contributed by atoms with Gasteiger partial charge in [0.2, 0.25) is 0 Å². The summed E-state index contributed by atoms with van der Waals surface area (Å²) in [5.74, 6) is 0.896. The molecule has 1 aromatic rings. The second kappa shape index (κ2) is 3.36. The highest BCUT2D eigenvalue weighted by atomic mass is 79.9. The molecule has 3 heteroatoms. The number of halogens is 1. The van der Waals surface area contributed by atoms with Crippen molar-refractivity contribution >= 4 is 25.4 Å². The molecule has 0 aromatic heterocycles. The highest BCUT2D eigenvalue weighted by Crippen LogP contribution is 2.23. The number of aryl methyl sites for hydroxylation is 1. The van der Waals surface area contributed by atoms with Crippen LogP contribution in [0.5, 0.6) is 5.75 Å². The Bertz CT molecular complexity index is 237. The van der Waals surface area contributed by atoms with E-state index in [1.54, 1.807) is 0 Å². The van der Waals surface area contributed by atoms with Crippen LogP contribution in [0.2, 0.25) is 0 Å². The Kier molecular flexibility index (Phi) is 2.70. The number of hydrogen-bond acceptors (Lipinski definition) is 1. The van der Waals surface area contributed by atoms with Gasteiger partial charge in [0.1, 0.15) is 5.75 Å². The largest absolute Gasteiger partial charge is 0.480 e. The molecule has 0 heterocycles.